The fourth-order valence-electron chi connectivity index (χ4n) is 2.57. The third-order valence-corrected chi connectivity index (χ3v) is 4.16. The largest absolute Gasteiger partial charge is 0.464 e. The van der Waals surface area contributed by atoms with Crippen LogP contribution in [-0.2, 0) is 19.2 Å². The molecule has 2 saturated heterocycles. The maximum atomic E-state index is 12.1. The highest BCUT2D eigenvalue weighted by Crippen LogP contribution is 2.21. The van der Waals surface area contributed by atoms with Gasteiger partial charge in [0.1, 0.15) is 6.04 Å². The van der Waals surface area contributed by atoms with E-state index in [0.717, 1.165) is 0 Å². The van der Waals surface area contributed by atoms with E-state index in [2.05, 4.69) is 15.9 Å². The van der Waals surface area contributed by atoms with Crippen molar-refractivity contribution in [1.82, 2.24) is 14.7 Å². The number of carbonyl (C=O) groups excluding carboxylic acids is 4. The van der Waals surface area contributed by atoms with Crippen LogP contribution in [0.4, 0.5) is 4.79 Å². The first-order valence-corrected chi connectivity index (χ1v) is 7.72. The molecule has 1 unspecified atom stereocenters. The van der Waals surface area contributed by atoms with Crippen molar-refractivity contribution in [2.45, 2.75) is 18.9 Å². The van der Waals surface area contributed by atoms with Gasteiger partial charge in [-0.2, -0.15) is 4.90 Å². The number of amides is 5. The van der Waals surface area contributed by atoms with Gasteiger partial charge in [-0.3, -0.25) is 19.2 Å². The van der Waals surface area contributed by atoms with Crippen LogP contribution in [0.5, 0.6) is 0 Å². The second-order valence-corrected chi connectivity index (χ2v) is 5.50. The van der Waals surface area contributed by atoms with Gasteiger partial charge >= 0.3 is 6.09 Å². The minimum absolute atomic E-state index is 0.0968. The van der Waals surface area contributed by atoms with Gasteiger partial charge in [-0.1, -0.05) is 15.9 Å². The van der Waals surface area contributed by atoms with E-state index >= 15 is 0 Å². The summed E-state index contributed by atoms with van der Waals surface area (Å²) in [5.74, 6) is -2.35. The topological polar surface area (TPSA) is 115 Å². The molecular weight excluding hydrogens is 362 g/mol. The van der Waals surface area contributed by atoms with Crippen molar-refractivity contribution in [3.8, 4) is 0 Å². The first-order valence-electron chi connectivity index (χ1n) is 6.59. The number of halogens is 1. The number of imide groups is 3. The van der Waals surface area contributed by atoms with Gasteiger partial charge in [-0.05, 0) is 6.42 Å². The van der Waals surface area contributed by atoms with Crippen molar-refractivity contribution in [2.24, 2.45) is 0 Å². The van der Waals surface area contributed by atoms with Gasteiger partial charge in [-0.15, -0.1) is 0 Å². The SMILES string of the molecule is O=C(CBr)N1CCN(C2CCC(=O)N(C(=O)O)C2=O)C(=O)C1. The Kier molecular flexibility index (Phi) is 4.79. The molecule has 2 fully saturated rings. The van der Waals surface area contributed by atoms with Gasteiger partial charge < -0.3 is 14.9 Å². The molecule has 2 heterocycles. The highest BCUT2D eigenvalue weighted by atomic mass is 79.9. The fraction of sp³-hybridized carbons (Fsp3) is 0.583. The minimum atomic E-state index is -1.64. The molecule has 9 nitrogen and oxygen atoms in total. The van der Waals surface area contributed by atoms with Crippen LogP contribution >= 0.6 is 15.9 Å². The molecule has 22 heavy (non-hydrogen) atoms. The molecule has 0 spiro atoms. The van der Waals surface area contributed by atoms with E-state index in [1.165, 1.54) is 9.80 Å². The van der Waals surface area contributed by atoms with E-state index in [9.17, 15) is 24.0 Å². The normalized spacial score (nSPS) is 23.0. The van der Waals surface area contributed by atoms with E-state index in [1.54, 1.807) is 0 Å². The molecule has 10 heteroatoms. The predicted molar refractivity (Wildman–Crippen MR) is 75.0 cm³/mol. The van der Waals surface area contributed by atoms with Gasteiger partial charge in [0.2, 0.25) is 17.7 Å². The smallest absolute Gasteiger partial charge is 0.421 e. The molecule has 2 aliphatic rings. The molecule has 0 bridgehead atoms. The van der Waals surface area contributed by atoms with Crippen LogP contribution in [-0.4, -0.2) is 80.5 Å². The predicted octanol–water partition coefficient (Wildman–Crippen LogP) is -0.752. The second-order valence-electron chi connectivity index (χ2n) is 4.94. The number of carboxylic acid groups (broad SMARTS) is 1. The number of piperazine rings is 1. The number of piperidine rings is 1. The number of rotatable bonds is 2. The van der Waals surface area contributed by atoms with E-state index in [4.69, 9.17) is 5.11 Å². The Labute approximate surface area is 133 Å². The lowest BCUT2D eigenvalue weighted by molar-refractivity contribution is -0.157. The Bertz CT molecular complexity index is 551. The van der Waals surface area contributed by atoms with E-state index in [1.807, 2.05) is 0 Å². The van der Waals surface area contributed by atoms with Crippen LogP contribution in [0.2, 0.25) is 0 Å². The Morgan fingerprint density at radius 3 is 2.41 bits per heavy atom. The molecule has 0 aromatic heterocycles. The Balaban J connectivity index is 2.11. The van der Waals surface area contributed by atoms with Crippen LogP contribution in [0.1, 0.15) is 12.8 Å². The average Bonchev–Trinajstić information content (AvgIpc) is 2.47. The van der Waals surface area contributed by atoms with Crippen molar-refractivity contribution in [3.63, 3.8) is 0 Å². The third kappa shape index (κ3) is 2.96. The summed E-state index contributed by atoms with van der Waals surface area (Å²) in [6.45, 7) is 0.242. The van der Waals surface area contributed by atoms with Gasteiger partial charge in [0, 0.05) is 19.5 Å². The molecule has 5 amide bonds. The number of likely N-dealkylation sites (tertiary alicyclic amines) is 1. The fourth-order valence-corrected chi connectivity index (χ4v) is 2.93. The van der Waals surface area contributed by atoms with Crippen LogP contribution in [0, 0.1) is 0 Å². The molecule has 120 valence electrons. The molecule has 0 radical (unpaired) electrons. The molecule has 0 aromatic rings. The van der Waals surface area contributed by atoms with Crippen molar-refractivity contribution < 1.29 is 29.1 Å². The second kappa shape index (κ2) is 6.42. The number of hydrogen-bond donors (Lipinski definition) is 1. The lowest BCUT2D eigenvalue weighted by atomic mass is 10.0. The van der Waals surface area contributed by atoms with E-state index in [-0.39, 0.29) is 48.6 Å². The Morgan fingerprint density at radius 2 is 1.86 bits per heavy atom. The van der Waals surface area contributed by atoms with E-state index in [0.29, 0.717) is 0 Å². The Hall–Kier alpha value is -1.97. The Morgan fingerprint density at radius 1 is 1.18 bits per heavy atom. The third-order valence-electron chi connectivity index (χ3n) is 3.68. The van der Waals surface area contributed by atoms with Gasteiger partial charge in [0.15, 0.2) is 0 Å². The number of carbonyl (C=O) groups is 5. The standard InChI is InChI=1S/C12H14BrN3O6/c13-5-9(18)14-3-4-15(10(19)6-14)7-1-2-8(17)16(11(7)20)12(21)22/h7H,1-6H2,(H,21,22). The lowest BCUT2D eigenvalue weighted by Crippen LogP contribution is -2.62. The van der Waals surface area contributed by atoms with Crippen molar-refractivity contribution in [2.75, 3.05) is 25.0 Å². The van der Waals surface area contributed by atoms with Gasteiger partial charge in [0.25, 0.3) is 5.91 Å². The highest BCUT2D eigenvalue weighted by Gasteiger charge is 2.44. The maximum absolute atomic E-state index is 12.1. The summed E-state index contributed by atoms with van der Waals surface area (Å²) in [4.78, 5) is 61.1. The molecular formula is C12H14BrN3O6. The van der Waals surface area contributed by atoms with Crippen molar-refractivity contribution in [3.05, 3.63) is 0 Å². The number of alkyl halides is 1. The van der Waals surface area contributed by atoms with E-state index < -0.39 is 29.9 Å². The molecule has 2 aliphatic heterocycles. The number of nitrogens with zero attached hydrogens (tertiary/aromatic N) is 3. The molecule has 1 atom stereocenters. The molecule has 2 rings (SSSR count). The van der Waals surface area contributed by atoms with Crippen LogP contribution in [0.25, 0.3) is 0 Å². The first-order chi connectivity index (χ1) is 10.4. The van der Waals surface area contributed by atoms with Crippen molar-refractivity contribution in [1.29, 1.82) is 0 Å². The zero-order valence-corrected chi connectivity index (χ0v) is 13.1. The maximum Gasteiger partial charge on any atom is 0.421 e. The first kappa shape index (κ1) is 16.4. The molecule has 1 N–H and O–H groups in total. The summed E-state index contributed by atoms with van der Waals surface area (Å²) in [6, 6.07) is -0.970. The summed E-state index contributed by atoms with van der Waals surface area (Å²) in [7, 11) is 0. The van der Waals surface area contributed by atoms with Crippen LogP contribution < -0.4 is 0 Å². The summed E-state index contributed by atoms with van der Waals surface area (Å²) in [6.07, 6.45) is -1.66. The molecule has 0 aliphatic carbocycles. The molecule has 0 aromatic carbocycles. The highest BCUT2D eigenvalue weighted by molar-refractivity contribution is 9.09. The summed E-state index contributed by atoms with van der Waals surface area (Å²) in [5, 5.41) is 9.03. The number of hydrogen-bond acceptors (Lipinski definition) is 5. The molecule has 0 saturated carbocycles. The summed E-state index contributed by atoms with van der Waals surface area (Å²) >= 11 is 3.02. The van der Waals surface area contributed by atoms with Crippen molar-refractivity contribution >= 4 is 45.7 Å². The average molecular weight is 376 g/mol. The van der Waals surface area contributed by atoms with Gasteiger partial charge in [-0.25, -0.2) is 4.79 Å². The minimum Gasteiger partial charge on any atom is -0.464 e. The zero-order valence-electron chi connectivity index (χ0n) is 11.5. The summed E-state index contributed by atoms with van der Waals surface area (Å²) in [5.41, 5.74) is 0. The zero-order chi connectivity index (χ0) is 16.4. The quantitative estimate of drug-likeness (QED) is 0.501. The van der Waals surface area contributed by atoms with Crippen LogP contribution in [0.3, 0.4) is 0 Å². The summed E-state index contributed by atoms with van der Waals surface area (Å²) < 4.78 is 0. The van der Waals surface area contributed by atoms with Gasteiger partial charge in [0.05, 0.1) is 11.9 Å². The lowest BCUT2D eigenvalue weighted by Gasteiger charge is -2.40. The van der Waals surface area contributed by atoms with Crippen LogP contribution in [0.15, 0.2) is 0 Å². The monoisotopic (exact) mass is 375 g/mol.